The lowest BCUT2D eigenvalue weighted by molar-refractivity contribution is 0.479. The molecule has 152 valence electrons. The molecule has 1 saturated heterocycles. The number of aromatic nitrogens is 4. The van der Waals surface area contributed by atoms with E-state index in [1.807, 2.05) is 24.4 Å². The molecule has 30 heavy (non-hydrogen) atoms. The van der Waals surface area contributed by atoms with E-state index in [2.05, 4.69) is 25.8 Å². The van der Waals surface area contributed by atoms with Crippen LogP contribution in [0, 0.1) is 5.82 Å². The first-order valence-corrected chi connectivity index (χ1v) is 10.3. The molecule has 1 aliphatic heterocycles. The highest BCUT2D eigenvalue weighted by molar-refractivity contribution is 6.30. The maximum absolute atomic E-state index is 14.4. The summed E-state index contributed by atoms with van der Waals surface area (Å²) in [6.45, 7) is 2.04. The molecule has 0 bridgehead atoms. The standard InChI is InChI=1S/C22H20ClFN6/c23-13-1-2-18(24)16(9-13)22-17(12-27-30-22)19-3-4-20-21(29-19)10-15(11-26-20)28-14-5-7-25-8-6-14/h1-4,9-12,14,25,28H,5-8H2,(H,27,30). The van der Waals surface area contributed by atoms with Gasteiger partial charge in [0.05, 0.1) is 40.5 Å². The SMILES string of the molecule is Fc1ccc(Cl)cc1-c1[nH]ncc1-c1ccc2ncc(NC3CCNCC3)cc2n1. The first-order valence-electron chi connectivity index (χ1n) is 9.90. The molecule has 3 aromatic heterocycles. The van der Waals surface area contributed by atoms with Gasteiger partial charge in [-0.15, -0.1) is 0 Å². The number of nitrogens with zero attached hydrogens (tertiary/aromatic N) is 3. The summed E-state index contributed by atoms with van der Waals surface area (Å²) < 4.78 is 14.4. The largest absolute Gasteiger partial charge is 0.381 e. The average Bonchev–Trinajstić information content (AvgIpc) is 3.25. The number of rotatable bonds is 4. The zero-order chi connectivity index (χ0) is 20.5. The average molecular weight is 423 g/mol. The lowest BCUT2D eigenvalue weighted by Gasteiger charge is -2.24. The van der Waals surface area contributed by atoms with E-state index in [1.165, 1.54) is 12.1 Å². The smallest absolute Gasteiger partial charge is 0.132 e. The Morgan fingerprint density at radius 2 is 1.87 bits per heavy atom. The Kier molecular flexibility index (Phi) is 5.06. The van der Waals surface area contributed by atoms with Gasteiger partial charge in [-0.3, -0.25) is 10.1 Å². The number of benzene rings is 1. The molecular formula is C22H20ClFN6. The number of hydrogen-bond acceptors (Lipinski definition) is 5. The van der Waals surface area contributed by atoms with Crippen molar-refractivity contribution in [1.29, 1.82) is 0 Å². The zero-order valence-corrected chi connectivity index (χ0v) is 16.9. The number of fused-ring (bicyclic) bond motifs is 1. The van der Waals surface area contributed by atoms with Crippen LogP contribution >= 0.6 is 11.6 Å². The molecule has 0 saturated carbocycles. The lowest BCUT2D eigenvalue weighted by atomic mass is 10.0. The van der Waals surface area contributed by atoms with E-state index < -0.39 is 0 Å². The molecule has 5 rings (SSSR count). The Bertz CT molecular complexity index is 1200. The molecule has 0 amide bonds. The van der Waals surface area contributed by atoms with Gasteiger partial charge in [0.1, 0.15) is 5.82 Å². The van der Waals surface area contributed by atoms with Crippen molar-refractivity contribution in [1.82, 2.24) is 25.5 Å². The number of piperidine rings is 1. The van der Waals surface area contributed by atoms with Gasteiger partial charge in [-0.1, -0.05) is 11.6 Å². The highest BCUT2D eigenvalue weighted by Crippen LogP contribution is 2.33. The summed E-state index contributed by atoms with van der Waals surface area (Å²) in [6, 6.07) is 10.7. The van der Waals surface area contributed by atoms with Gasteiger partial charge in [0.2, 0.25) is 0 Å². The molecule has 1 aromatic carbocycles. The summed E-state index contributed by atoms with van der Waals surface area (Å²) >= 11 is 6.07. The summed E-state index contributed by atoms with van der Waals surface area (Å²) in [4.78, 5) is 9.31. The molecule has 1 fully saturated rings. The van der Waals surface area contributed by atoms with Crippen LogP contribution in [-0.2, 0) is 0 Å². The summed E-state index contributed by atoms with van der Waals surface area (Å²) in [5.74, 6) is -0.374. The highest BCUT2D eigenvalue weighted by atomic mass is 35.5. The molecule has 3 N–H and O–H groups in total. The molecule has 6 nitrogen and oxygen atoms in total. The van der Waals surface area contributed by atoms with E-state index in [-0.39, 0.29) is 5.82 Å². The normalized spacial score (nSPS) is 14.9. The molecule has 1 aliphatic rings. The van der Waals surface area contributed by atoms with E-state index in [9.17, 15) is 4.39 Å². The van der Waals surface area contributed by atoms with Crippen LogP contribution in [0.5, 0.6) is 0 Å². The molecule has 0 aliphatic carbocycles. The van der Waals surface area contributed by atoms with Crippen LogP contribution in [0.2, 0.25) is 5.02 Å². The Labute approximate surface area is 177 Å². The number of hydrogen-bond donors (Lipinski definition) is 3. The maximum atomic E-state index is 14.4. The van der Waals surface area contributed by atoms with Crippen molar-refractivity contribution in [2.75, 3.05) is 18.4 Å². The topological polar surface area (TPSA) is 78.5 Å². The molecule has 4 aromatic rings. The predicted molar refractivity (Wildman–Crippen MR) is 117 cm³/mol. The van der Waals surface area contributed by atoms with Gasteiger partial charge in [-0.05, 0) is 62.3 Å². The van der Waals surface area contributed by atoms with Crippen LogP contribution in [0.15, 0.2) is 48.8 Å². The first kappa shape index (κ1) is 19.0. The van der Waals surface area contributed by atoms with Crippen molar-refractivity contribution in [2.45, 2.75) is 18.9 Å². The second-order valence-electron chi connectivity index (χ2n) is 7.41. The quantitative estimate of drug-likeness (QED) is 0.446. The maximum Gasteiger partial charge on any atom is 0.132 e. The summed E-state index contributed by atoms with van der Waals surface area (Å²) in [5, 5.41) is 14.4. The monoisotopic (exact) mass is 422 g/mol. The van der Waals surface area contributed by atoms with Crippen molar-refractivity contribution >= 4 is 28.3 Å². The number of nitrogens with one attached hydrogen (secondary N) is 3. The number of halogens is 2. The molecule has 0 atom stereocenters. The van der Waals surface area contributed by atoms with Crippen molar-refractivity contribution < 1.29 is 4.39 Å². The Morgan fingerprint density at radius 1 is 1.00 bits per heavy atom. The van der Waals surface area contributed by atoms with Crippen LogP contribution in [0.25, 0.3) is 33.5 Å². The molecule has 4 heterocycles. The van der Waals surface area contributed by atoms with Gasteiger partial charge in [-0.25, -0.2) is 9.37 Å². The van der Waals surface area contributed by atoms with Crippen molar-refractivity contribution in [2.24, 2.45) is 0 Å². The fourth-order valence-electron chi connectivity index (χ4n) is 3.81. The van der Waals surface area contributed by atoms with Gasteiger partial charge in [-0.2, -0.15) is 5.10 Å². The lowest BCUT2D eigenvalue weighted by Crippen LogP contribution is -2.35. The summed E-state index contributed by atoms with van der Waals surface area (Å²) in [7, 11) is 0. The van der Waals surface area contributed by atoms with Crippen LogP contribution in [0.4, 0.5) is 10.1 Å². The van der Waals surface area contributed by atoms with Crippen LogP contribution in [0.1, 0.15) is 12.8 Å². The minimum atomic E-state index is -0.374. The number of anilines is 1. The van der Waals surface area contributed by atoms with Crippen LogP contribution in [-0.4, -0.2) is 39.3 Å². The fourth-order valence-corrected chi connectivity index (χ4v) is 3.98. The van der Waals surface area contributed by atoms with Gasteiger partial charge >= 0.3 is 0 Å². The van der Waals surface area contributed by atoms with Gasteiger partial charge < -0.3 is 10.6 Å². The second kappa shape index (κ2) is 8.01. The van der Waals surface area contributed by atoms with E-state index in [4.69, 9.17) is 16.6 Å². The first-order chi connectivity index (χ1) is 14.7. The third-order valence-electron chi connectivity index (χ3n) is 5.36. The molecule has 0 radical (unpaired) electrons. The van der Waals surface area contributed by atoms with E-state index >= 15 is 0 Å². The van der Waals surface area contributed by atoms with Gasteiger partial charge in [0.25, 0.3) is 0 Å². The molecule has 0 unspecified atom stereocenters. The number of pyridine rings is 2. The highest BCUT2D eigenvalue weighted by Gasteiger charge is 2.16. The minimum Gasteiger partial charge on any atom is -0.381 e. The van der Waals surface area contributed by atoms with Gasteiger partial charge in [0.15, 0.2) is 0 Å². The minimum absolute atomic E-state index is 0.358. The predicted octanol–water partition coefficient (Wildman–Crippen LogP) is 4.64. The van der Waals surface area contributed by atoms with E-state index in [1.54, 1.807) is 12.3 Å². The van der Waals surface area contributed by atoms with Crippen LogP contribution < -0.4 is 10.6 Å². The van der Waals surface area contributed by atoms with Crippen LogP contribution in [0.3, 0.4) is 0 Å². The van der Waals surface area contributed by atoms with Crippen molar-refractivity contribution in [3.05, 3.63) is 59.6 Å². The third-order valence-corrected chi connectivity index (χ3v) is 5.60. The number of H-pyrrole nitrogens is 1. The second-order valence-corrected chi connectivity index (χ2v) is 7.85. The fraction of sp³-hybridized carbons (Fsp3) is 0.227. The van der Waals surface area contributed by atoms with Crippen molar-refractivity contribution in [3.8, 4) is 22.5 Å². The van der Waals surface area contributed by atoms with E-state index in [0.29, 0.717) is 33.6 Å². The zero-order valence-electron chi connectivity index (χ0n) is 16.1. The molecule has 8 heteroatoms. The summed E-state index contributed by atoms with van der Waals surface area (Å²) in [5.41, 5.74) is 4.81. The van der Waals surface area contributed by atoms with E-state index in [0.717, 1.165) is 42.7 Å². The number of aromatic amines is 1. The van der Waals surface area contributed by atoms with Crippen molar-refractivity contribution in [3.63, 3.8) is 0 Å². The Morgan fingerprint density at radius 3 is 2.73 bits per heavy atom. The Hall–Kier alpha value is -3.03. The van der Waals surface area contributed by atoms with Gasteiger partial charge in [0, 0.05) is 22.2 Å². The Balaban J connectivity index is 1.51. The third kappa shape index (κ3) is 3.74. The molecular weight excluding hydrogens is 403 g/mol. The molecule has 0 spiro atoms. The summed E-state index contributed by atoms with van der Waals surface area (Å²) in [6.07, 6.45) is 5.65.